The molecule has 0 aromatic heterocycles. The van der Waals surface area contributed by atoms with Crippen LogP contribution in [0.2, 0.25) is 0 Å². The van der Waals surface area contributed by atoms with E-state index >= 15 is 0 Å². The average Bonchev–Trinajstić information content (AvgIpc) is 3.35. The SMILES string of the molecule is COC1(C(=O)NCC2(c3ccc(F)cc3)CC2)CCNCC1. The van der Waals surface area contributed by atoms with E-state index in [1.54, 1.807) is 7.11 Å². The first-order valence-electron chi connectivity index (χ1n) is 7.91. The zero-order chi connectivity index (χ0) is 15.6. The van der Waals surface area contributed by atoms with Crippen LogP contribution in [-0.2, 0) is 14.9 Å². The van der Waals surface area contributed by atoms with Crippen molar-refractivity contribution in [2.24, 2.45) is 0 Å². The highest BCUT2D eigenvalue weighted by atomic mass is 19.1. The summed E-state index contributed by atoms with van der Waals surface area (Å²) in [4.78, 5) is 12.6. The molecule has 1 heterocycles. The number of piperidine rings is 1. The van der Waals surface area contributed by atoms with E-state index in [0.29, 0.717) is 19.4 Å². The number of carbonyl (C=O) groups is 1. The van der Waals surface area contributed by atoms with E-state index in [0.717, 1.165) is 31.5 Å². The number of hydrogen-bond acceptors (Lipinski definition) is 3. The van der Waals surface area contributed by atoms with Gasteiger partial charge in [-0.2, -0.15) is 0 Å². The molecule has 1 amide bonds. The highest BCUT2D eigenvalue weighted by molar-refractivity contribution is 5.85. The quantitative estimate of drug-likeness (QED) is 0.871. The maximum absolute atomic E-state index is 13.1. The Morgan fingerprint density at radius 1 is 1.23 bits per heavy atom. The lowest BCUT2D eigenvalue weighted by Crippen LogP contribution is -2.55. The summed E-state index contributed by atoms with van der Waals surface area (Å²) in [6.45, 7) is 2.19. The molecule has 1 aliphatic heterocycles. The van der Waals surface area contributed by atoms with Gasteiger partial charge in [0, 0.05) is 19.1 Å². The molecule has 1 aliphatic carbocycles. The Morgan fingerprint density at radius 3 is 2.41 bits per heavy atom. The molecule has 2 fully saturated rings. The number of carbonyl (C=O) groups excluding carboxylic acids is 1. The molecule has 120 valence electrons. The molecule has 3 rings (SSSR count). The molecule has 2 N–H and O–H groups in total. The lowest BCUT2D eigenvalue weighted by molar-refractivity contribution is -0.146. The molecule has 0 spiro atoms. The fourth-order valence-corrected chi connectivity index (χ4v) is 3.29. The lowest BCUT2D eigenvalue weighted by Gasteiger charge is -2.35. The van der Waals surface area contributed by atoms with E-state index in [9.17, 15) is 9.18 Å². The summed E-state index contributed by atoms with van der Waals surface area (Å²) in [6.07, 6.45) is 3.44. The van der Waals surface area contributed by atoms with Crippen LogP contribution < -0.4 is 10.6 Å². The minimum atomic E-state index is -0.704. The summed E-state index contributed by atoms with van der Waals surface area (Å²) < 4.78 is 18.6. The van der Waals surface area contributed by atoms with Crippen molar-refractivity contribution < 1.29 is 13.9 Å². The van der Waals surface area contributed by atoms with Gasteiger partial charge in [0.2, 0.25) is 0 Å². The standard InChI is InChI=1S/C17H23FN2O2/c1-22-17(8-10-19-11-9-17)15(21)20-12-16(6-7-16)13-2-4-14(18)5-3-13/h2-5,19H,6-12H2,1H3,(H,20,21). The van der Waals surface area contributed by atoms with Gasteiger partial charge in [-0.25, -0.2) is 4.39 Å². The van der Waals surface area contributed by atoms with Crippen molar-refractivity contribution in [2.45, 2.75) is 36.7 Å². The molecule has 22 heavy (non-hydrogen) atoms. The van der Waals surface area contributed by atoms with E-state index in [2.05, 4.69) is 10.6 Å². The molecule has 0 radical (unpaired) electrons. The second-order valence-corrected chi connectivity index (χ2v) is 6.42. The summed E-state index contributed by atoms with van der Waals surface area (Å²) in [7, 11) is 1.61. The van der Waals surface area contributed by atoms with Crippen molar-refractivity contribution in [3.05, 3.63) is 35.6 Å². The second kappa shape index (κ2) is 5.97. The number of halogens is 1. The van der Waals surface area contributed by atoms with Crippen molar-refractivity contribution in [3.63, 3.8) is 0 Å². The van der Waals surface area contributed by atoms with Gasteiger partial charge < -0.3 is 15.4 Å². The monoisotopic (exact) mass is 306 g/mol. The third kappa shape index (κ3) is 2.88. The fraction of sp³-hybridized carbons (Fsp3) is 0.588. The largest absolute Gasteiger partial charge is 0.368 e. The molecule has 1 saturated heterocycles. The van der Waals surface area contributed by atoms with Gasteiger partial charge >= 0.3 is 0 Å². The number of hydrogen-bond donors (Lipinski definition) is 2. The van der Waals surface area contributed by atoms with E-state index in [1.165, 1.54) is 12.1 Å². The molecule has 0 bridgehead atoms. The van der Waals surface area contributed by atoms with Gasteiger partial charge in [0.15, 0.2) is 0 Å². The van der Waals surface area contributed by atoms with Crippen molar-refractivity contribution >= 4 is 5.91 Å². The smallest absolute Gasteiger partial charge is 0.252 e. The van der Waals surface area contributed by atoms with Crippen molar-refractivity contribution in [1.29, 1.82) is 0 Å². The van der Waals surface area contributed by atoms with Crippen molar-refractivity contribution in [1.82, 2.24) is 10.6 Å². The van der Waals surface area contributed by atoms with Gasteiger partial charge in [0.25, 0.3) is 5.91 Å². The normalized spacial score (nSPS) is 22.1. The molecule has 1 aromatic rings. The van der Waals surface area contributed by atoms with Gasteiger partial charge in [-0.3, -0.25) is 4.79 Å². The summed E-state index contributed by atoms with van der Waals surface area (Å²) in [6, 6.07) is 6.62. The van der Waals surface area contributed by atoms with Gasteiger partial charge in [-0.05, 0) is 56.5 Å². The molecule has 2 aliphatic rings. The first-order valence-corrected chi connectivity index (χ1v) is 7.91. The first kappa shape index (κ1) is 15.4. The number of amides is 1. The summed E-state index contributed by atoms with van der Waals surface area (Å²) in [5.74, 6) is -0.249. The van der Waals surface area contributed by atoms with Crippen LogP contribution in [0.5, 0.6) is 0 Å². The Labute approximate surface area is 130 Å². The highest BCUT2D eigenvalue weighted by Crippen LogP contribution is 2.47. The summed E-state index contributed by atoms with van der Waals surface area (Å²) in [5.41, 5.74) is 0.376. The van der Waals surface area contributed by atoms with Crippen LogP contribution >= 0.6 is 0 Å². The number of rotatable bonds is 5. The topological polar surface area (TPSA) is 50.4 Å². The third-order valence-corrected chi connectivity index (χ3v) is 5.11. The van der Waals surface area contributed by atoms with Crippen LogP contribution in [0.25, 0.3) is 0 Å². The Morgan fingerprint density at radius 2 is 1.86 bits per heavy atom. The van der Waals surface area contributed by atoms with Gasteiger partial charge in [-0.1, -0.05) is 12.1 Å². The molecule has 0 atom stereocenters. The summed E-state index contributed by atoms with van der Waals surface area (Å²) in [5, 5.41) is 6.32. The van der Waals surface area contributed by atoms with Crippen LogP contribution in [0.3, 0.4) is 0 Å². The average molecular weight is 306 g/mol. The molecule has 0 unspecified atom stereocenters. The van der Waals surface area contributed by atoms with Crippen molar-refractivity contribution in [3.8, 4) is 0 Å². The molecule has 1 saturated carbocycles. The number of ether oxygens (including phenoxy) is 1. The van der Waals surface area contributed by atoms with Crippen LogP contribution in [0.4, 0.5) is 4.39 Å². The third-order valence-electron chi connectivity index (χ3n) is 5.11. The van der Waals surface area contributed by atoms with Gasteiger partial charge in [0.05, 0.1) is 0 Å². The Bertz CT molecular complexity index is 534. The number of methoxy groups -OCH3 is 1. The van der Waals surface area contributed by atoms with E-state index in [4.69, 9.17) is 4.74 Å². The molecular formula is C17H23FN2O2. The Kier molecular flexibility index (Phi) is 4.19. The Balaban J connectivity index is 1.64. The molecular weight excluding hydrogens is 283 g/mol. The van der Waals surface area contributed by atoms with E-state index in [1.807, 2.05) is 12.1 Å². The van der Waals surface area contributed by atoms with E-state index < -0.39 is 5.60 Å². The zero-order valence-electron chi connectivity index (χ0n) is 13.0. The molecule has 4 nitrogen and oxygen atoms in total. The molecule has 1 aromatic carbocycles. The number of benzene rings is 1. The van der Waals surface area contributed by atoms with Crippen LogP contribution in [0.1, 0.15) is 31.2 Å². The second-order valence-electron chi connectivity index (χ2n) is 6.42. The van der Waals surface area contributed by atoms with Crippen LogP contribution in [0.15, 0.2) is 24.3 Å². The minimum Gasteiger partial charge on any atom is -0.368 e. The van der Waals surface area contributed by atoms with Gasteiger partial charge in [-0.15, -0.1) is 0 Å². The highest BCUT2D eigenvalue weighted by Gasteiger charge is 2.46. The van der Waals surface area contributed by atoms with Crippen molar-refractivity contribution in [2.75, 3.05) is 26.7 Å². The lowest BCUT2D eigenvalue weighted by atomic mass is 9.90. The fourth-order valence-electron chi connectivity index (χ4n) is 3.29. The zero-order valence-corrected chi connectivity index (χ0v) is 13.0. The maximum atomic E-state index is 13.1. The Hall–Kier alpha value is -1.46. The minimum absolute atomic E-state index is 0.0226. The molecule has 5 heteroatoms. The number of nitrogens with one attached hydrogen (secondary N) is 2. The predicted octanol–water partition coefficient (Wildman–Crippen LogP) is 1.74. The van der Waals surface area contributed by atoms with Gasteiger partial charge in [0.1, 0.15) is 11.4 Å². The van der Waals surface area contributed by atoms with Crippen LogP contribution in [-0.4, -0.2) is 38.3 Å². The maximum Gasteiger partial charge on any atom is 0.252 e. The van der Waals surface area contributed by atoms with Crippen LogP contribution in [0, 0.1) is 5.82 Å². The summed E-state index contributed by atoms with van der Waals surface area (Å²) >= 11 is 0. The van der Waals surface area contributed by atoms with E-state index in [-0.39, 0.29) is 17.1 Å². The predicted molar refractivity (Wildman–Crippen MR) is 82.2 cm³/mol. The first-order chi connectivity index (χ1) is 10.6.